The van der Waals surface area contributed by atoms with Gasteiger partial charge in [0.15, 0.2) is 0 Å². The average molecular weight is 284 g/mol. The molecule has 21 heavy (non-hydrogen) atoms. The van der Waals surface area contributed by atoms with E-state index in [4.69, 9.17) is 4.74 Å². The Morgan fingerprint density at radius 2 is 1.67 bits per heavy atom. The monoisotopic (exact) mass is 284 g/mol. The maximum atomic E-state index is 5.35. The molecule has 3 heteroatoms. The highest BCUT2D eigenvalue weighted by molar-refractivity contribution is 5.44. The molecule has 0 saturated carbocycles. The first kappa shape index (κ1) is 15.4. The Morgan fingerprint density at radius 1 is 1.00 bits per heavy atom. The van der Waals surface area contributed by atoms with Crippen LogP contribution in [0.3, 0.4) is 0 Å². The van der Waals surface area contributed by atoms with E-state index >= 15 is 0 Å². The van der Waals surface area contributed by atoms with Crippen molar-refractivity contribution in [1.29, 1.82) is 0 Å². The van der Waals surface area contributed by atoms with Crippen molar-refractivity contribution in [3.8, 4) is 5.88 Å². The second kappa shape index (κ2) is 7.11. The highest BCUT2D eigenvalue weighted by atomic mass is 16.5. The van der Waals surface area contributed by atoms with Crippen LogP contribution in [-0.2, 0) is 0 Å². The van der Waals surface area contributed by atoms with Crippen LogP contribution in [0.1, 0.15) is 50.8 Å². The quantitative estimate of drug-likeness (QED) is 0.829. The summed E-state index contributed by atoms with van der Waals surface area (Å²) in [5, 5.41) is 3.46. The lowest BCUT2D eigenvalue weighted by molar-refractivity contribution is 0.327. The lowest BCUT2D eigenvalue weighted by Gasteiger charge is -2.16. The summed E-state index contributed by atoms with van der Waals surface area (Å²) in [4.78, 5) is 4.27. The first-order valence-electron chi connectivity index (χ1n) is 7.55. The van der Waals surface area contributed by atoms with Crippen molar-refractivity contribution in [1.82, 2.24) is 4.98 Å². The Balaban J connectivity index is 2.01. The van der Waals surface area contributed by atoms with Gasteiger partial charge in [-0.15, -0.1) is 0 Å². The Bertz CT molecular complexity index is 546. The SMILES string of the molecule is CCOc1ccc(NC(C)c2ccc(C(C)C)cc2)cn1. The Hall–Kier alpha value is -2.03. The smallest absolute Gasteiger partial charge is 0.213 e. The van der Waals surface area contributed by atoms with Gasteiger partial charge >= 0.3 is 0 Å². The first-order chi connectivity index (χ1) is 10.1. The van der Waals surface area contributed by atoms with E-state index in [1.807, 2.05) is 25.3 Å². The number of anilines is 1. The molecule has 1 aromatic heterocycles. The van der Waals surface area contributed by atoms with Gasteiger partial charge in [-0.1, -0.05) is 38.1 Å². The summed E-state index contributed by atoms with van der Waals surface area (Å²) in [6.45, 7) is 9.17. The Morgan fingerprint density at radius 3 is 2.19 bits per heavy atom. The average Bonchev–Trinajstić information content (AvgIpc) is 2.49. The molecule has 3 nitrogen and oxygen atoms in total. The second-order valence-electron chi connectivity index (χ2n) is 5.51. The molecule has 0 saturated heterocycles. The van der Waals surface area contributed by atoms with Crippen molar-refractivity contribution >= 4 is 5.69 Å². The molecule has 0 fully saturated rings. The number of benzene rings is 1. The summed E-state index contributed by atoms with van der Waals surface area (Å²) in [5.41, 5.74) is 3.64. The van der Waals surface area contributed by atoms with Crippen molar-refractivity contribution in [2.75, 3.05) is 11.9 Å². The lowest BCUT2D eigenvalue weighted by atomic mass is 9.99. The number of aromatic nitrogens is 1. The van der Waals surface area contributed by atoms with E-state index in [2.05, 4.69) is 55.3 Å². The third kappa shape index (κ3) is 4.22. The predicted octanol–water partition coefficient (Wildman–Crippen LogP) is 4.78. The molecule has 112 valence electrons. The predicted molar refractivity (Wildman–Crippen MR) is 88.0 cm³/mol. The third-order valence-corrected chi connectivity index (χ3v) is 3.51. The summed E-state index contributed by atoms with van der Waals surface area (Å²) in [5.74, 6) is 1.23. The van der Waals surface area contributed by atoms with Crippen LogP contribution in [0.5, 0.6) is 5.88 Å². The minimum Gasteiger partial charge on any atom is -0.478 e. The molecule has 1 aromatic carbocycles. The van der Waals surface area contributed by atoms with E-state index in [0.717, 1.165) is 5.69 Å². The summed E-state index contributed by atoms with van der Waals surface area (Å²) < 4.78 is 5.35. The second-order valence-corrected chi connectivity index (χ2v) is 5.51. The van der Waals surface area contributed by atoms with Gasteiger partial charge in [-0.25, -0.2) is 4.98 Å². The van der Waals surface area contributed by atoms with Crippen LogP contribution in [0, 0.1) is 0 Å². The minimum absolute atomic E-state index is 0.242. The zero-order valence-corrected chi connectivity index (χ0v) is 13.3. The summed E-state index contributed by atoms with van der Waals surface area (Å²) in [7, 11) is 0. The first-order valence-corrected chi connectivity index (χ1v) is 7.55. The molecule has 1 unspecified atom stereocenters. The largest absolute Gasteiger partial charge is 0.478 e. The molecule has 0 spiro atoms. The Kier molecular flexibility index (Phi) is 5.20. The summed E-state index contributed by atoms with van der Waals surface area (Å²) >= 11 is 0. The molecule has 0 bridgehead atoms. The highest BCUT2D eigenvalue weighted by Crippen LogP contribution is 2.22. The van der Waals surface area contributed by atoms with Gasteiger partial charge in [0, 0.05) is 12.1 Å². The topological polar surface area (TPSA) is 34.1 Å². The molecule has 1 N–H and O–H groups in total. The third-order valence-electron chi connectivity index (χ3n) is 3.51. The lowest BCUT2D eigenvalue weighted by Crippen LogP contribution is -2.07. The molecule has 0 radical (unpaired) electrons. The van der Waals surface area contributed by atoms with Crippen LogP contribution in [0.2, 0.25) is 0 Å². The number of ether oxygens (including phenoxy) is 1. The van der Waals surface area contributed by atoms with Gasteiger partial charge in [0.25, 0.3) is 0 Å². The number of hydrogen-bond acceptors (Lipinski definition) is 3. The van der Waals surface area contributed by atoms with E-state index in [9.17, 15) is 0 Å². The van der Waals surface area contributed by atoms with E-state index in [-0.39, 0.29) is 6.04 Å². The van der Waals surface area contributed by atoms with Crippen LogP contribution in [0.15, 0.2) is 42.6 Å². The number of hydrogen-bond donors (Lipinski definition) is 1. The zero-order chi connectivity index (χ0) is 15.2. The fraction of sp³-hybridized carbons (Fsp3) is 0.389. The van der Waals surface area contributed by atoms with Crippen molar-refractivity contribution in [3.63, 3.8) is 0 Å². The van der Waals surface area contributed by atoms with Gasteiger partial charge < -0.3 is 10.1 Å². The maximum absolute atomic E-state index is 5.35. The van der Waals surface area contributed by atoms with E-state index in [0.29, 0.717) is 18.4 Å². The van der Waals surface area contributed by atoms with Crippen molar-refractivity contribution < 1.29 is 4.74 Å². The fourth-order valence-corrected chi connectivity index (χ4v) is 2.20. The van der Waals surface area contributed by atoms with Gasteiger partial charge in [-0.05, 0) is 37.0 Å². The van der Waals surface area contributed by atoms with Crippen molar-refractivity contribution in [3.05, 3.63) is 53.7 Å². The molecule has 0 aliphatic rings. The van der Waals surface area contributed by atoms with Crippen LogP contribution in [-0.4, -0.2) is 11.6 Å². The maximum Gasteiger partial charge on any atom is 0.213 e. The highest BCUT2D eigenvalue weighted by Gasteiger charge is 2.07. The van der Waals surface area contributed by atoms with Crippen molar-refractivity contribution in [2.24, 2.45) is 0 Å². The summed E-state index contributed by atoms with van der Waals surface area (Å²) in [6, 6.07) is 12.9. The van der Waals surface area contributed by atoms with E-state index in [1.54, 1.807) is 0 Å². The molecule has 0 aliphatic heterocycles. The van der Waals surface area contributed by atoms with Crippen LogP contribution >= 0.6 is 0 Å². The Labute approximate surface area is 127 Å². The molecule has 1 atom stereocenters. The van der Waals surface area contributed by atoms with E-state index < -0.39 is 0 Å². The molecular weight excluding hydrogens is 260 g/mol. The number of rotatable bonds is 6. The van der Waals surface area contributed by atoms with Crippen LogP contribution < -0.4 is 10.1 Å². The van der Waals surface area contributed by atoms with Crippen LogP contribution in [0.4, 0.5) is 5.69 Å². The molecule has 1 heterocycles. The molecule has 2 aromatic rings. The van der Waals surface area contributed by atoms with Gasteiger partial charge in [0.05, 0.1) is 18.5 Å². The zero-order valence-electron chi connectivity index (χ0n) is 13.3. The van der Waals surface area contributed by atoms with Crippen molar-refractivity contribution in [2.45, 2.75) is 39.7 Å². The normalized spacial score (nSPS) is 12.2. The van der Waals surface area contributed by atoms with Gasteiger partial charge in [0.1, 0.15) is 0 Å². The summed E-state index contributed by atoms with van der Waals surface area (Å²) in [6.07, 6.45) is 1.81. The number of pyridine rings is 1. The number of nitrogens with zero attached hydrogens (tertiary/aromatic N) is 1. The van der Waals surface area contributed by atoms with Gasteiger partial charge in [-0.2, -0.15) is 0 Å². The van der Waals surface area contributed by atoms with Gasteiger partial charge in [0.2, 0.25) is 5.88 Å². The van der Waals surface area contributed by atoms with Crippen LogP contribution in [0.25, 0.3) is 0 Å². The van der Waals surface area contributed by atoms with E-state index in [1.165, 1.54) is 11.1 Å². The standard InChI is InChI=1S/C18H24N2O/c1-5-21-18-11-10-17(12-19-18)20-14(4)16-8-6-15(7-9-16)13(2)3/h6-14,20H,5H2,1-4H3. The molecular formula is C18H24N2O. The fourth-order valence-electron chi connectivity index (χ4n) is 2.20. The molecule has 0 aliphatic carbocycles. The minimum atomic E-state index is 0.242. The molecule has 2 rings (SSSR count). The van der Waals surface area contributed by atoms with Gasteiger partial charge in [-0.3, -0.25) is 0 Å². The molecule has 0 amide bonds. The number of nitrogens with one attached hydrogen (secondary N) is 1.